The number of rotatable bonds is 4. The molecule has 7 nitrogen and oxygen atoms in total. The van der Waals surface area contributed by atoms with E-state index in [0.29, 0.717) is 22.8 Å². The van der Waals surface area contributed by atoms with Crippen LogP contribution in [0.25, 0.3) is 0 Å². The number of urea groups is 1. The lowest BCUT2D eigenvalue weighted by atomic mass is 10.2. The minimum Gasteiger partial charge on any atom is -0.495 e. The summed E-state index contributed by atoms with van der Waals surface area (Å²) in [6.07, 6.45) is 3.03. The van der Waals surface area contributed by atoms with Gasteiger partial charge < -0.3 is 15.2 Å². The largest absolute Gasteiger partial charge is 0.495 e. The summed E-state index contributed by atoms with van der Waals surface area (Å²) in [5.74, 6) is 0.815. The Morgan fingerprint density at radius 2 is 2.10 bits per heavy atom. The van der Waals surface area contributed by atoms with E-state index in [-0.39, 0.29) is 6.61 Å². The molecule has 21 heavy (non-hydrogen) atoms. The third-order valence-corrected chi connectivity index (χ3v) is 2.72. The van der Waals surface area contributed by atoms with Gasteiger partial charge in [-0.05, 0) is 24.6 Å². The van der Waals surface area contributed by atoms with Crippen molar-refractivity contribution in [3.05, 3.63) is 41.9 Å². The number of aryl methyl sites for hydroxylation is 1. The van der Waals surface area contributed by atoms with Gasteiger partial charge in [0.2, 0.25) is 0 Å². The topological polar surface area (TPSA) is 96.4 Å². The molecule has 2 rings (SSSR count). The first-order chi connectivity index (χ1) is 10.1. The molecule has 2 aromatic rings. The first kappa shape index (κ1) is 14.7. The lowest BCUT2D eigenvalue weighted by Crippen LogP contribution is -2.20. The number of nitrogens with zero attached hydrogens (tertiary/aromatic N) is 2. The van der Waals surface area contributed by atoms with Crippen molar-refractivity contribution in [3.63, 3.8) is 0 Å². The molecule has 0 aliphatic heterocycles. The first-order valence-corrected chi connectivity index (χ1v) is 6.27. The van der Waals surface area contributed by atoms with Crippen LogP contribution in [0.4, 0.5) is 16.3 Å². The number of nitrogens with one attached hydrogen (secondary N) is 2. The van der Waals surface area contributed by atoms with Crippen LogP contribution in [0.1, 0.15) is 11.3 Å². The smallest absolute Gasteiger partial charge is 0.324 e. The second-order valence-electron chi connectivity index (χ2n) is 4.31. The highest BCUT2D eigenvalue weighted by molar-refractivity contribution is 6.00. The average molecular weight is 288 g/mol. The molecule has 1 heterocycles. The molecule has 0 radical (unpaired) electrons. The number of anilines is 2. The van der Waals surface area contributed by atoms with Crippen LogP contribution in [0.15, 0.2) is 30.6 Å². The molecule has 0 aliphatic rings. The minimum atomic E-state index is -0.455. The maximum Gasteiger partial charge on any atom is 0.324 e. The van der Waals surface area contributed by atoms with Gasteiger partial charge in [-0.25, -0.2) is 9.78 Å². The SMILES string of the molecule is COc1cc(CO)ccc1NC(=O)Nc1cnc(C)cn1. The van der Waals surface area contributed by atoms with Gasteiger partial charge in [0.05, 0.1) is 37.5 Å². The van der Waals surface area contributed by atoms with Crippen molar-refractivity contribution >= 4 is 17.5 Å². The third kappa shape index (κ3) is 3.90. The quantitative estimate of drug-likeness (QED) is 0.798. The predicted octanol–water partition coefficient (Wildman–Crippen LogP) is 1.93. The van der Waals surface area contributed by atoms with E-state index in [4.69, 9.17) is 9.84 Å². The molecule has 0 saturated heterocycles. The summed E-state index contributed by atoms with van der Waals surface area (Å²) in [7, 11) is 1.49. The maximum atomic E-state index is 11.9. The molecule has 1 aromatic carbocycles. The Kier molecular flexibility index (Phi) is 4.68. The van der Waals surface area contributed by atoms with Crippen molar-refractivity contribution in [2.75, 3.05) is 17.7 Å². The number of aromatic nitrogens is 2. The fraction of sp³-hybridized carbons (Fsp3) is 0.214. The van der Waals surface area contributed by atoms with Gasteiger partial charge >= 0.3 is 6.03 Å². The molecule has 0 unspecified atom stereocenters. The Labute approximate surface area is 122 Å². The van der Waals surface area contributed by atoms with E-state index >= 15 is 0 Å². The molecule has 110 valence electrons. The van der Waals surface area contributed by atoms with E-state index in [1.807, 2.05) is 6.92 Å². The number of benzene rings is 1. The van der Waals surface area contributed by atoms with E-state index in [1.165, 1.54) is 13.3 Å². The van der Waals surface area contributed by atoms with Crippen molar-refractivity contribution in [2.24, 2.45) is 0 Å². The molecule has 0 fully saturated rings. The third-order valence-electron chi connectivity index (χ3n) is 2.72. The fourth-order valence-electron chi connectivity index (χ4n) is 1.66. The second-order valence-corrected chi connectivity index (χ2v) is 4.31. The normalized spacial score (nSPS) is 10.0. The number of ether oxygens (including phenoxy) is 1. The van der Waals surface area contributed by atoms with Crippen LogP contribution in [-0.4, -0.2) is 28.2 Å². The zero-order chi connectivity index (χ0) is 15.2. The standard InChI is InChI=1S/C14H16N4O3/c1-9-6-16-13(7-15-9)18-14(20)17-11-4-3-10(8-19)5-12(11)21-2/h3-7,19H,8H2,1-2H3,(H2,16,17,18,20). The molecule has 1 aromatic heterocycles. The lowest BCUT2D eigenvalue weighted by molar-refractivity contribution is 0.262. The van der Waals surface area contributed by atoms with Crippen molar-refractivity contribution in [2.45, 2.75) is 13.5 Å². The number of carbonyl (C=O) groups is 1. The van der Waals surface area contributed by atoms with Crippen molar-refractivity contribution in [3.8, 4) is 5.75 Å². The zero-order valence-corrected chi connectivity index (χ0v) is 11.8. The highest BCUT2D eigenvalue weighted by Crippen LogP contribution is 2.25. The number of amides is 2. The van der Waals surface area contributed by atoms with Crippen LogP contribution in [-0.2, 0) is 6.61 Å². The number of aliphatic hydroxyl groups excluding tert-OH is 1. The Morgan fingerprint density at radius 3 is 2.71 bits per heavy atom. The van der Waals surface area contributed by atoms with Gasteiger partial charge in [0, 0.05) is 0 Å². The van der Waals surface area contributed by atoms with Gasteiger partial charge in [-0.3, -0.25) is 10.3 Å². The van der Waals surface area contributed by atoms with Crippen LogP contribution in [0, 0.1) is 6.92 Å². The van der Waals surface area contributed by atoms with Gasteiger partial charge in [-0.15, -0.1) is 0 Å². The van der Waals surface area contributed by atoms with Gasteiger partial charge in [0.25, 0.3) is 0 Å². The molecule has 0 bridgehead atoms. The van der Waals surface area contributed by atoms with Crippen molar-refractivity contribution < 1.29 is 14.6 Å². The molecule has 2 amide bonds. The molecule has 0 aliphatic carbocycles. The summed E-state index contributed by atoms with van der Waals surface area (Å²) in [5.41, 5.74) is 1.96. The Hall–Kier alpha value is -2.67. The molecule has 0 spiro atoms. The highest BCUT2D eigenvalue weighted by atomic mass is 16.5. The molecular formula is C14H16N4O3. The summed E-state index contributed by atoms with van der Waals surface area (Å²) in [5, 5.41) is 14.3. The number of carbonyl (C=O) groups excluding carboxylic acids is 1. The molecular weight excluding hydrogens is 272 g/mol. The maximum absolute atomic E-state index is 11.9. The van der Waals surface area contributed by atoms with E-state index in [1.54, 1.807) is 24.4 Å². The number of hydrogen-bond acceptors (Lipinski definition) is 5. The van der Waals surface area contributed by atoms with Crippen molar-refractivity contribution in [1.29, 1.82) is 0 Å². The van der Waals surface area contributed by atoms with Crippen molar-refractivity contribution in [1.82, 2.24) is 9.97 Å². The first-order valence-electron chi connectivity index (χ1n) is 6.27. The minimum absolute atomic E-state index is 0.0954. The van der Waals surface area contributed by atoms with Gasteiger partial charge in [0.15, 0.2) is 5.82 Å². The van der Waals surface area contributed by atoms with Gasteiger partial charge in [-0.1, -0.05) is 6.07 Å². The predicted molar refractivity (Wildman–Crippen MR) is 78.3 cm³/mol. The fourth-order valence-corrected chi connectivity index (χ4v) is 1.66. The van der Waals surface area contributed by atoms with Gasteiger partial charge in [0.1, 0.15) is 5.75 Å². The van der Waals surface area contributed by atoms with E-state index in [9.17, 15) is 4.79 Å². The molecule has 0 saturated carbocycles. The zero-order valence-electron chi connectivity index (χ0n) is 11.8. The number of hydrogen-bond donors (Lipinski definition) is 3. The molecule has 7 heteroatoms. The van der Waals surface area contributed by atoms with Gasteiger partial charge in [-0.2, -0.15) is 0 Å². The highest BCUT2D eigenvalue weighted by Gasteiger charge is 2.09. The number of methoxy groups -OCH3 is 1. The van der Waals surface area contributed by atoms with E-state index in [0.717, 1.165) is 5.69 Å². The average Bonchev–Trinajstić information content (AvgIpc) is 2.50. The summed E-state index contributed by atoms with van der Waals surface area (Å²) >= 11 is 0. The summed E-state index contributed by atoms with van der Waals surface area (Å²) in [6.45, 7) is 1.71. The molecule has 3 N–H and O–H groups in total. The lowest BCUT2D eigenvalue weighted by Gasteiger charge is -2.11. The van der Waals surface area contributed by atoms with Crippen LogP contribution in [0.5, 0.6) is 5.75 Å². The van der Waals surface area contributed by atoms with E-state index in [2.05, 4.69) is 20.6 Å². The van der Waals surface area contributed by atoms with Crippen LogP contribution < -0.4 is 15.4 Å². The summed E-state index contributed by atoms with van der Waals surface area (Å²) in [4.78, 5) is 20.0. The molecule has 0 atom stereocenters. The van der Waals surface area contributed by atoms with E-state index < -0.39 is 6.03 Å². The Bertz CT molecular complexity index is 629. The monoisotopic (exact) mass is 288 g/mol. The second kappa shape index (κ2) is 6.67. The summed E-state index contributed by atoms with van der Waals surface area (Å²) < 4.78 is 5.17. The Balaban J connectivity index is 2.07. The summed E-state index contributed by atoms with van der Waals surface area (Å²) in [6, 6.07) is 4.55. The van der Waals surface area contributed by atoms with Crippen LogP contribution >= 0.6 is 0 Å². The van der Waals surface area contributed by atoms with Crippen LogP contribution in [0.2, 0.25) is 0 Å². The number of aliphatic hydroxyl groups is 1. The Morgan fingerprint density at radius 1 is 1.29 bits per heavy atom. The van der Waals surface area contributed by atoms with Crippen LogP contribution in [0.3, 0.4) is 0 Å².